The SMILES string of the molecule is Cc1ccc(N=C2NC(=O)/C(=C/c3ccc(OCC(=O)Nc4ccccc4F)c(Cl)c3)S2)cc1C. The van der Waals surface area contributed by atoms with Gasteiger partial charge in [-0.05, 0) is 84.8 Å². The van der Waals surface area contributed by atoms with E-state index in [1.165, 1.54) is 35.5 Å². The largest absolute Gasteiger partial charge is 0.482 e. The Morgan fingerprint density at radius 1 is 1.14 bits per heavy atom. The fraction of sp³-hybridized carbons (Fsp3) is 0.115. The predicted molar refractivity (Wildman–Crippen MR) is 139 cm³/mol. The molecular weight excluding hydrogens is 489 g/mol. The molecule has 35 heavy (non-hydrogen) atoms. The third-order valence-electron chi connectivity index (χ3n) is 5.13. The van der Waals surface area contributed by atoms with Crippen LogP contribution in [0.2, 0.25) is 5.02 Å². The van der Waals surface area contributed by atoms with Crippen LogP contribution in [0.15, 0.2) is 70.6 Å². The molecule has 1 saturated heterocycles. The Labute approximate surface area is 211 Å². The molecule has 0 aliphatic carbocycles. The maximum absolute atomic E-state index is 13.7. The predicted octanol–water partition coefficient (Wildman–Crippen LogP) is 6.01. The molecule has 1 aliphatic rings. The number of ether oxygens (including phenoxy) is 1. The number of nitrogens with zero attached hydrogens (tertiary/aromatic N) is 1. The lowest BCUT2D eigenvalue weighted by atomic mass is 10.1. The Morgan fingerprint density at radius 3 is 2.69 bits per heavy atom. The second kappa shape index (κ2) is 10.8. The van der Waals surface area contributed by atoms with Crippen molar-refractivity contribution >= 4 is 57.8 Å². The van der Waals surface area contributed by atoms with E-state index in [1.54, 1.807) is 30.3 Å². The van der Waals surface area contributed by atoms with Crippen LogP contribution in [0.3, 0.4) is 0 Å². The summed E-state index contributed by atoms with van der Waals surface area (Å²) in [5.41, 5.74) is 3.82. The van der Waals surface area contributed by atoms with Gasteiger partial charge in [-0.15, -0.1) is 0 Å². The van der Waals surface area contributed by atoms with E-state index in [0.29, 0.717) is 15.6 Å². The van der Waals surface area contributed by atoms with Crippen molar-refractivity contribution in [2.24, 2.45) is 4.99 Å². The molecule has 0 aromatic heterocycles. The van der Waals surface area contributed by atoms with Crippen molar-refractivity contribution in [2.45, 2.75) is 13.8 Å². The number of thioether (sulfide) groups is 1. The van der Waals surface area contributed by atoms with Crippen LogP contribution in [0.25, 0.3) is 6.08 Å². The number of halogens is 2. The van der Waals surface area contributed by atoms with Crippen LogP contribution in [0, 0.1) is 19.7 Å². The molecule has 1 fully saturated rings. The van der Waals surface area contributed by atoms with Crippen LogP contribution < -0.4 is 15.4 Å². The van der Waals surface area contributed by atoms with Crippen LogP contribution in [-0.2, 0) is 9.59 Å². The first-order chi connectivity index (χ1) is 16.8. The van der Waals surface area contributed by atoms with Gasteiger partial charge in [-0.25, -0.2) is 9.38 Å². The number of hydrogen-bond donors (Lipinski definition) is 2. The second-order valence-electron chi connectivity index (χ2n) is 7.76. The lowest BCUT2D eigenvalue weighted by Gasteiger charge is -2.10. The molecule has 0 radical (unpaired) electrons. The molecule has 0 bridgehead atoms. The standard InChI is InChI=1S/C26H21ClFN3O3S/c1-15-7-9-18(11-16(15)2)29-26-31-25(33)23(35-26)13-17-8-10-22(19(27)12-17)34-14-24(32)30-21-6-4-3-5-20(21)28/h3-13H,14H2,1-2H3,(H,30,32)(H,29,31,33)/b23-13-. The van der Waals surface area contributed by atoms with Crippen LogP contribution >= 0.6 is 23.4 Å². The van der Waals surface area contributed by atoms with Gasteiger partial charge < -0.3 is 15.4 Å². The van der Waals surface area contributed by atoms with Gasteiger partial charge >= 0.3 is 0 Å². The third-order valence-corrected chi connectivity index (χ3v) is 6.34. The Morgan fingerprint density at radius 2 is 1.94 bits per heavy atom. The maximum Gasteiger partial charge on any atom is 0.264 e. The topological polar surface area (TPSA) is 79.8 Å². The molecule has 0 unspecified atom stereocenters. The quantitative estimate of drug-likeness (QED) is 0.399. The summed E-state index contributed by atoms with van der Waals surface area (Å²) in [6, 6.07) is 16.7. The van der Waals surface area contributed by atoms with Crippen molar-refractivity contribution in [3.8, 4) is 5.75 Å². The van der Waals surface area contributed by atoms with Crippen LogP contribution in [0.4, 0.5) is 15.8 Å². The molecule has 2 amide bonds. The van der Waals surface area contributed by atoms with Gasteiger partial charge in [-0.3, -0.25) is 9.59 Å². The first-order valence-electron chi connectivity index (χ1n) is 10.6. The summed E-state index contributed by atoms with van der Waals surface area (Å²) in [4.78, 5) is 29.4. The van der Waals surface area contributed by atoms with Gasteiger partial charge in [0, 0.05) is 0 Å². The molecule has 3 aromatic rings. The second-order valence-corrected chi connectivity index (χ2v) is 9.19. The molecule has 0 saturated carbocycles. The number of para-hydroxylation sites is 1. The fourth-order valence-electron chi connectivity index (χ4n) is 3.16. The zero-order valence-electron chi connectivity index (χ0n) is 18.9. The molecule has 9 heteroatoms. The third kappa shape index (κ3) is 6.29. The van der Waals surface area contributed by atoms with E-state index in [2.05, 4.69) is 15.6 Å². The number of amides is 2. The van der Waals surface area contributed by atoms with E-state index in [9.17, 15) is 14.0 Å². The number of hydrogen-bond acceptors (Lipinski definition) is 5. The van der Waals surface area contributed by atoms with Crippen molar-refractivity contribution in [3.63, 3.8) is 0 Å². The highest BCUT2D eigenvalue weighted by atomic mass is 35.5. The first-order valence-corrected chi connectivity index (χ1v) is 11.8. The average molecular weight is 510 g/mol. The van der Waals surface area contributed by atoms with E-state index < -0.39 is 11.7 Å². The summed E-state index contributed by atoms with van der Waals surface area (Å²) >= 11 is 7.54. The lowest BCUT2D eigenvalue weighted by Crippen LogP contribution is -2.20. The van der Waals surface area contributed by atoms with Gasteiger partial charge in [0.25, 0.3) is 11.8 Å². The summed E-state index contributed by atoms with van der Waals surface area (Å²) in [6.45, 7) is 3.70. The smallest absolute Gasteiger partial charge is 0.264 e. The van der Waals surface area contributed by atoms with E-state index >= 15 is 0 Å². The summed E-state index contributed by atoms with van der Waals surface area (Å²) < 4.78 is 19.1. The minimum Gasteiger partial charge on any atom is -0.482 e. The molecule has 6 nitrogen and oxygen atoms in total. The number of aryl methyl sites for hydroxylation is 2. The lowest BCUT2D eigenvalue weighted by molar-refractivity contribution is -0.118. The summed E-state index contributed by atoms with van der Waals surface area (Å²) in [5, 5.41) is 5.97. The molecule has 0 atom stereocenters. The first kappa shape index (κ1) is 24.5. The average Bonchev–Trinajstić information content (AvgIpc) is 3.15. The van der Waals surface area contributed by atoms with Crippen LogP contribution in [-0.4, -0.2) is 23.6 Å². The molecular formula is C26H21ClFN3O3S. The van der Waals surface area contributed by atoms with E-state index in [4.69, 9.17) is 16.3 Å². The monoisotopic (exact) mass is 509 g/mol. The number of aliphatic imine (C=N–C) groups is 1. The Kier molecular flexibility index (Phi) is 7.53. The van der Waals surface area contributed by atoms with Crippen molar-refractivity contribution in [1.29, 1.82) is 0 Å². The van der Waals surface area contributed by atoms with Crippen LogP contribution in [0.1, 0.15) is 16.7 Å². The van der Waals surface area contributed by atoms with Gasteiger partial charge in [0.2, 0.25) is 0 Å². The Hall–Kier alpha value is -3.62. The normalized spacial score (nSPS) is 15.4. The highest BCUT2D eigenvalue weighted by Crippen LogP contribution is 2.31. The van der Waals surface area contributed by atoms with Gasteiger partial charge in [0.05, 0.1) is 21.3 Å². The van der Waals surface area contributed by atoms with Gasteiger partial charge in [0.1, 0.15) is 11.6 Å². The van der Waals surface area contributed by atoms with Crippen molar-refractivity contribution in [3.05, 3.63) is 93.1 Å². The fourth-order valence-corrected chi connectivity index (χ4v) is 4.25. The Balaban J connectivity index is 1.39. The maximum atomic E-state index is 13.7. The van der Waals surface area contributed by atoms with E-state index in [1.807, 2.05) is 32.0 Å². The summed E-state index contributed by atoms with van der Waals surface area (Å²) in [6.07, 6.45) is 1.70. The summed E-state index contributed by atoms with van der Waals surface area (Å²) in [5.74, 6) is -1.02. The zero-order valence-corrected chi connectivity index (χ0v) is 20.5. The molecule has 178 valence electrons. The highest BCUT2D eigenvalue weighted by Gasteiger charge is 2.24. The minimum atomic E-state index is -0.535. The highest BCUT2D eigenvalue weighted by molar-refractivity contribution is 8.18. The molecule has 3 aromatic carbocycles. The molecule has 2 N–H and O–H groups in total. The number of anilines is 1. The number of rotatable bonds is 6. The van der Waals surface area contributed by atoms with Crippen molar-refractivity contribution < 1.29 is 18.7 Å². The molecule has 1 aliphatic heterocycles. The molecule has 4 rings (SSSR count). The number of benzene rings is 3. The number of nitrogens with one attached hydrogen (secondary N) is 2. The van der Waals surface area contributed by atoms with Gasteiger partial charge in [0.15, 0.2) is 11.8 Å². The number of carbonyl (C=O) groups excluding carboxylic acids is 2. The van der Waals surface area contributed by atoms with Crippen molar-refractivity contribution in [2.75, 3.05) is 11.9 Å². The Bertz CT molecular complexity index is 1370. The number of carbonyl (C=O) groups is 2. The van der Waals surface area contributed by atoms with E-state index in [-0.39, 0.29) is 29.0 Å². The minimum absolute atomic E-state index is 0.0712. The van der Waals surface area contributed by atoms with Gasteiger partial charge in [-0.2, -0.15) is 0 Å². The number of amidine groups is 1. The summed E-state index contributed by atoms with van der Waals surface area (Å²) in [7, 11) is 0. The van der Waals surface area contributed by atoms with E-state index in [0.717, 1.165) is 11.3 Å². The van der Waals surface area contributed by atoms with Gasteiger partial charge in [-0.1, -0.05) is 35.9 Å². The zero-order chi connectivity index (χ0) is 24.9. The van der Waals surface area contributed by atoms with Crippen molar-refractivity contribution in [1.82, 2.24) is 5.32 Å². The molecule has 1 heterocycles. The molecule has 0 spiro atoms. The van der Waals surface area contributed by atoms with Crippen LogP contribution in [0.5, 0.6) is 5.75 Å².